The number of hydrogen-bond donors (Lipinski definition) is 2. The molecule has 1 fully saturated rings. The molecule has 1 atom stereocenters. The van der Waals surface area contributed by atoms with Gasteiger partial charge in [0.05, 0.1) is 6.04 Å². The molecule has 0 bridgehead atoms. The van der Waals surface area contributed by atoms with E-state index in [1.807, 2.05) is 30.3 Å². The Morgan fingerprint density at radius 2 is 1.83 bits per heavy atom. The van der Waals surface area contributed by atoms with Crippen molar-refractivity contribution in [2.75, 3.05) is 25.0 Å². The monoisotopic (exact) mass is 343 g/mol. The van der Waals surface area contributed by atoms with Crippen molar-refractivity contribution in [1.82, 2.24) is 10.2 Å². The third-order valence-electron chi connectivity index (χ3n) is 4.50. The normalized spacial score (nSPS) is 17.0. The van der Waals surface area contributed by atoms with Crippen molar-refractivity contribution in [3.63, 3.8) is 0 Å². The number of hydrogen-bond acceptors (Lipinski definition) is 3. The maximum atomic E-state index is 12.2. The van der Waals surface area contributed by atoms with Gasteiger partial charge in [-0.25, -0.2) is 4.79 Å². The van der Waals surface area contributed by atoms with Crippen molar-refractivity contribution in [1.29, 1.82) is 0 Å². The molecule has 2 N–H and O–H groups in total. The molecule has 0 saturated carbocycles. The second kappa shape index (κ2) is 8.85. The van der Waals surface area contributed by atoms with Gasteiger partial charge in [0, 0.05) is 12.2 Å². The van der Waals surface area contributed by atoms with Gasteiger partial charge < -0.3 is 10.6 Å². The molecule has 1 aromatic carbocycles. The fraction of sp³-hybridized carbons (Fsp3) is 0.421. The molecular weight excluding hydrogens is 318 g/mol. The summed E-state index contributed by atoms with van der Waals surface area (Å²) < 4.78 is 0. The van der Waals surface area contributed by atoms with Crippen molar-refractivity contribution in [3.8, 4) is 0 Å². The average molecular weight is 343 g/mol. The SMILES string of the molecule is O=C(NC[C@@H](c1ccsc1)N1CCCCCC1)Nc1ccccc1. The summed E-state index contributed by atoms with van der Waals surface area (Å²) in [6.45, 7) is 2.86. The maximum absolute atomic E-state index is 12.2. The number of amides is 2. The molecule has 1 aliphatic rings. The highest BCUT2D eigenvalue weighted by atomic mass is 32.1. The molecule has 2 amide bonds. The molecule has 3 rings (SSSR count). The van der Waals surface area contributed by atoms with Gasteiger partial charge >= 0.3 is 6.03 Å². The van der Waals surface area contributed by atoms with Crippen LogP contribution in [0.4, 0.5) is 10.5 Å². The molecule has 0 unspecified atom stereocenters. The molecule has 2 aromatic rings. The smallest absolute Gasteiger partial charge is 0.319 e. The number of benzene rings is 1. The highest BCUT2D eigenvalue weighted by Gasteiger charge is 2.22. The second-order valence-electron chi connectivity index (χ2n) is 6.22. The van der Waals surface area contributed by atoms with Gasteiger partial charge in [0.15, 0.2) is 0 Å². The minimum absolute atomic E-state index is 0.142. The van der Waals surface area contributed by atoms with E-state index in [0.29, 0.717) is 6.54 Å². The average Bonchev–Trinajstić information content (AvgIpc) is 2.99. The Hall–Kier alpha value is -1.85. The van der Waals surface area contributed by atoms with E-state index in [1.54, 1.807) is 11.3 Å². The third kappa shape index (κ3) is 4.82. The lowest BCUT2D eigenvalue weighted by Gasteiger charge is -2.30. The van der Waals surface area contributed by atoms with E-state index < -0.39 is 0 Å². The number of nitrogens with zero attached hydrogens (tertiary/aromatic N) is 1. The van der Waals surface area contributed by atoms with Crippen molar-refractivity contribution >= 4 is 23.1 Å². The largest absolute Gasteiger partial charge is 0.336 e. The number of rotatable bonds is 5. The van der Waals surface area contributed by atoms with E-state index in [1.165, 1.54) is 31.2 Å². The van der Waals surface area contributed by atoms with Gasteiger partial charge in [0.1, 0.15) is 0 Å². The molecule has 1 aliphatic heterocycles. The maximum Gasteiger partial charge on any atom is 0.319 e. The lowest BCUT2D eigenvalue weighted by molar-refractivity contribution is 0.199. The van der Waals surface area contributed by atoms with Gasteiger partial charge in [-0.3, -0.25) is 4.90 Å². The summed E-state index contributed by atoms with van der Waals surface area (Å²) in [5.41, 5.74) is 2.12. The Bertz CT molecular complexity index is 607. The van der Waals surface area contributed by atoms with Crippen molar-refractivity contribution in [3.05, 3.63) is 52.7 Å². The minimum atomic E-state index is -0.142. The third-order valence-corrected chi connectivity index (χ3v) is 5.20. The zero-order valence-electron chi connectivity index (χ0n) is 13.9. The summed E-state index contributed by atoms with van der Waals surface area (Å²) in [6, 6.07) is 11.9. The van der Waals surface area contributed by atoms with Crippen LogP contribution >= 0.6 is 11.3 Å². The van der Waals surface area contributed by atoms with Crippen molar-refractivity contribution in [2.24, 2.45) is 0 Å². The van der Waals surface area contributed by atoms with E-state index >= 15 is 0 Å². The van der Waals surface area contributed by atoms with Crippen LogP contribution in [-0.2, 0) is 0 Å². The van der Waals surface area contributed by atoms with Crippen molar-refractivity contribution in [2.45, 2.75) is 31.7 Å². The zero-order valence-corrected chi connectivity index (χ0v) is 14.7. The Morgan fingerprint density at radius 1 is 1.08 bits per heavy atom. The van der Waals surface area contributed by atoms with Crippen LogP contribution in [0.1, 0.15) is 37.3 Å². The number of likely N-dealkylation sites (tertiary alicyclic amines) is 1. The Balaban J connectivity index is 1.60. The van der Waals surface area contributed by atoms with Crippen LogP contribution in [0.5, 0.6) is 0 Å². The number of anilines is 1. The van der Waals surface area contributed by atoms with E-state index in [-0.39, 0.29) is 12.1 Å². The summed E-state index contributed by atoms with van der Waals surface area (Å²) in [5.74, 6) is 0. The van der Waals surface area contributed by atoms with E-state index in [4.69, 9.17) is 0 Å². The standard InChI is InChI=1S/C19H25N3OS/c23-19(21-17-8-4-3-5-9-17)20-14-18(16-10-13-24-15-16)22-11-6-1-2-7-12-22/h3-5,8-10,13,15,18H,1-2,6-7,11-12,14H2,(H2,20,21,23)/t18-/m0/s1. The number of carbonyl (C=O) groups is 1. The highest BCUT2D eigenvalue weighted by Crippen LogP contribution is 2.25. The highest BCUT2D eigenvalue weighted by molar-refractivity contribution is 7.07. The van der Waals surface area contributed by atoms with Crippen LogP contribution in [0.15, 0.2) is 47.2 Å². The fourth-order valence-corrected chi connectivity index (χ4v) is 3.92. The first-order valence-corrected chi connectivity index (χ1v) is 9.63. The summed E-state index contributed by atoms with van der Waals surface area (Å²) in [4.78, 5) is 14.7. The lowest BCUT2D eigenvalue weighted by Crippen LogP contribution is -2.40. The summed E-state index contributed by atoms with van der Waals surface area (Å²) in [6.07, 6.45) is 5.12. The first-order valence-electron chi connectivity index (χ1n) is 8.69. The van der Waals surface area contributed by atoms with Gasteiger partial charge in [-0.05, 0) is 60.5 Å². The van der Waals surface area contributed by atoms with Gasteiger partial charge in [-0.15, -0.1) is 0 Å². The Kier molecular flexibility index (Phi) is 6.26. The molecule has 128 valence electrons. The Labute approximate surface area is 147 Å². The van der Waals surface area contributed by atoms with Crippen LogP contribution in [0.25, 0.3) is 0 Å². The first kappa shape index (κ1) is 17.0. The molecule has 4 nitrogen and oxygen atoms in total. The molecule has 2 heterocycles. The summed E-state index contributed by atoms with van der Waals surface area (Å²) >= 11 is 1.72. The molecule has 24 heavy (non-hydrogen) atoms. The summed E-state index contributed by atoms with van der Waals surface area (Å²) in [5, 5.41) is 10.3. The predicted octanol–water partition coefficient (Wildman–Crippen LogP) is 4.49. The molecule has 0 radical (unpaired) electrons. The van der Waals surface area contributed by atoms with Crippen LogP contribution in [-0.4, -0.2) is 30.6 Å². The molecule has 0 aliphatic carbocycles. The van der Waals surface area contributed by atoms with Crippen molar-refractivity contribution < 1.29 is 4.79 Å². The lowest BCUT2D eigenvalue weighted by atomic mass is 10.1. The number of urea groups is 1. The second-order valence-corrected chi connectivity index (χ2v) is 7.00. The number of para-hydroxylation sites is 1. The fourth-order valence-electron chi connectivity index (χ4n) is 3.22. The number of carbonyl (C=O) groups excluding carboxylic acids is 1. The predicted molar refractivity (Wildman–Crippen MR) is 101 cm³/mol. The van der Waals surface area contributed by atoms with Gasteiger partial charge in [0.2, 0.25) is 0 Å². The minimum Gasteiger partial charge on any atom is -0.336 e. The molecule has 0 spiro atoms. The van der Waals surface area contributed by atoms with Gasteiger partial charge in [0.25, 0.3) is 0 Å². The molecule has 1 aromatic heterocycles. The molecule has 1 saturated heterocycles. The van der Waals surface area contributed by atoms with Gasteiger partial charge in [-0.1, -0.05) is 31.0 Å². The Morgan fingerprint density at radius 3 is 2.50 bits per heavy atom. The molecule has 5 heteroatoms. The summed E-state index contributed by atoms with van der Waals surface area (Å²) in [7, 11) is 0. The van der Waals surface area contributed by atoms with Crippen LogP contribution in [0.2, 0.25) is 0 Å². The van der Waals surface area contributed by atoms with Crippen LogP contribution in [0, 0.1) is 0 Å². The van der Waals surface area contributed by atoms with E-state index in [9.17, 15) is 4.79 Å². The van der Waals surface area contributed by atoms with E-state index in [2.05, 4.69) is 32.4 Å². The van der Waals surface area contributed by atoms with E-state index in [0.717, 1.165) is 18.8 Å². The number of nitrogens with one attached hydrogen (secondary N) is 2. The first-order chi connectivity index (χ1) is 11.8. The topological polar surface area (TPSA) is 44.4 Å². The quantitative estimate of drug-likeness (QED) is 0.840. The van der Waals surface area contributed by atoms with Gasteiger partial charge in [-0.2, -0.15) is 11.3 Å². The zero-order chi connectivity index (χ0) is 16.6. The van der Waals surface area contributed by atoms with Crippen LogP contribution < -0.4 is 10.6 Å². The molecular formula is C19H25N3OS. The van der Waals surface area contributed by atoms with Crippen LogP contribution in [0.3, 0.4) is 0 Å². The number of thiophene rings is 1.